The Kier molecular flexibility index (Phi) is 8.68. The standard InChI is InChI=1S/C21H22N4O5/c1-3-29-19-12-15(13-23-25-20(26)10-11-22)8-9-18(19)30-14-21(27)24-16-6-4-5-7-17(16)28-2/h4-9,12-13H,3,10,14H2,1-2H3,(H,24,27)(H,25,26). The molecule has 0 aromatic heterocycles. The van der Waals surface area contributed by atoms with Gasteiger partial charge < -0.3 is 19.5 Å². The Labute approximate surface area is 174 Å². The maximum absolute atomic E-state index is 12.2. The van der Waals surface area contributed by atoms with E-state index >= 15 is 0 Å². The lowest BCUT2D eigenvalue weighted by Crippen LogP contribution is -2.20. The molecule has 2 amide bonds. The van der Waals surface area contributed by atoms with Crippen LogP contribution in [0.25, 0.3) is 0 Å². The van der Waals surface area contributed by atoms with Gasteiger partial charge in [0.2, 0.25) is 0 Å². The van der Waals surface area contributed by atoms with Crippen LogP contribution in [0.2, 0.25) is 0 Å². The number of nitrogens with zero attached hydrogens (tertiary/aromatic N) is 2. The van der Waals surface area contributed by atoms with Gasteiger partial charge in [0.15, 0.2) is 18.1 Å². The zero-order valence-corrected chi connectivity index (χ0v) is 16.7. The van der Waals surface area contributed by atoms with Crippen molar-refractivity contribution in [3.05, 3.63) is 48.0 Å². The lowest BCUT2D eigenvalue weighted by molar-refractivity contribution is -0.120. The van der Waals surface area contributed by atoms with Crippen LogP contribution in [0.5, 0.6) is 17.2 Å². The first-order chi connectivity index (χ1) is 14.6. The first-order valence-electron chi connectivity index (χ1n) is 9.08. The summed E-state index contributed by atoms with van der Waals surface area (Å²) in [6, 6.07) is 13.8. The number of hydrogen-bond donors (Lipinski definition) is 2. The third-order valence-corrected chi connectivity index (χ3v) is 3.65. The minimum Gasteiger partial charge on any atom is -0.495 e. The number of carbonyl (C=O) groups excluding carboxylic acids is 2. The number of rotatable bonds is 10. The molecule has 0 bridgehead atoms. The van der Waals surface area contributed by atoms with Crippen LogP contribution >= 0.6 is 0 Å². The fraction of sp³-hybridized carbons (Fsp3) is 0.238. The number of nitriles is 1. The van der Waals surface area contributed by atoms with Gasteiger partial charge >= 0.3 is 0 Å². The minimum atomic E-state index is -0.500. The number of nitrogens with one attached hydrogen (secondary N) is 2. The third kappa shape index (κ3) is 6.83. The van der Waals surface area contributed by atoms with Gasteiger partial charge in [-0.25, -0.2) is 5.43 Å². The van der Waals surface area contributed by atoms with Crippen molar-refractivity contribution < 1.29 is 23.8 Å². The second-order valence-corrected chi connectivity index (χ2v) is 5.80. The van der Waals surface area contributed by atoms with E-state index in [2.05, 4.69) is 15.8 Å². The lowest BCUT2D eigenvalue weighted by Gasteiger charge is -2.13. The van der Waals surface area contributed by atoms with Crippen LogP contribution in [0.15, 0.2) is 47.6 Å². The molecule has 0 radical (unpaired) electrons. The average Bonchev–Trinajstić information content (AvgIpc) is 2.74. The molecule has 0 unspecified atom stereocenters. The summed E-state index contributed by atoms with van der Waals surface area (Å²) in [5, 5.41) is 15.0. The maximum atomic E-state index is 12.2. The Hall–Kier alpha value is -4.06. The molecule has 0 aliphatic rings. The van der Waals surface area contributed by atoms with E-state index in [1.54, 1.807) is 48.5 Å². The molecule has 0 atom stereocenters. The number of hydrogen-bond acceptors (Lipinski definition) is 7. The maximum Gasteiger partial charge on any atom is 0.262 e. The highest BCUT2D eigenvalue weighted by Crippen LogP contribution is 2.28. The summed E-state index contributed by atoms with van der Waals surface area (Å²) in [4.78, 5) is 23.5. The summed E-state index contributed by atoms with van der Waals surface area (Å²) < 4.78 is 16.4. The van der Waals surface area contributed by atoms with Crippen LogP contribution in [0, 0.1) is 11.3 Å². The number of para-hydroxylation sites is 2. The molecule has 9 nitrogen and oxygen atoms in total. The van der Waals surface area contributed by atoms with Crippen LogP contribution in [-0.2, 0) is 9.59 Å². The van der Waals surface area contributed by atoms with Crippen molar-refractivity contribution in [2.75, 3.05) is 25.6 Å². The predicted molar refractivity (Wildman–Crippen MR) is 111 cm³/mol. The van der Waals surface area contributed by atoms with Gasteiger partial charge in [0.05, 0.1) is 31.7 Å². The largest absolute Gasteiger partial charge is 0.495 e. The van der Waals surface area contributed by atoms with Crippen LogP contribution in [0.3, 0.4) is 0 Å². The SMILES string of the molecule is CCOc1cc(C=NNC(=O)CC#N)ccc1OCC(=O)Nc1ccccc1OC. The Bertz CT molecular complexity index is 953. The molecular formula is C21H22N4O5. The van der Waals surface area contributed by atoms with Crippen LogP contribution in [0.1, 0.15) is 18.9 Å². The molecule has 156 valence electrons. The summed E-state index contributed by atoms with van der Waals surface area (Å²) >= 11 is 0. The van der Waals surface area contributed by atoms with E-state index in [1.807, 2.05) is 6.92 Å². The van der Waals surface area contributed by atoms with Crippen molar-refractivity contribution in [2.45, 2.75) is 13.3 Å². The van der Waals surface area contributed by atoms with Crippen molar-refractivity contribution in [3.8, 4) is 23.3 Å². The van der Waals surface area contributed by atoms with Gasteiger partial charge in [-0.15, -0.1) is 0 Å². The van der Waals surface area contributed by atoms with E-state index in [0.29, 0.717) is 35.1 Å². The highest BCUT2D eigenvalue weighted by Gasteiger charge is 2.11. The number of methoxy groups -OCH3 is 1. The average molecular weight is 410 g/mol. The number of benzene rings is 2. The quantitative estimate of drug-likeness (QED) is 0.458. The van der Waals surface area contributed by atoms with Gasteiger partial charge in [-0.1, -0.05) is 12.1 Å². The second kappa shape index (κ2) is 11.7. The van der Waals surface area contributed by atoms with E-state index in [9.17, 15) is 9.59 Å². The van der Waals surface area contributed by atoms with Crippen molar-refractivity contribution in [3.63, 3.8) is 0 Å². The van der Waals surface area contributed by atoms with Gasteiger partial charge in [-0.05, 0) is 42.8 Å². The Morgan fingerprint density at radius 1 is 1.10 bits per heavy atom. The summed E-state index contributed by atoms with van der Waals surface area (Å²) in [6.07, 6.45) is 1.14. The van der Waals surface area contributed by atoms with Crippen molar-refractivity contribution in [1.29, 1.82) is 5.26 Å². The Balaban J connectivity index is 2.00. The highest BCUT2D eigenvalue weighted by molar-refractivity contribution is 5.93. The Morgan fingerprint density at radius 3 is 2.63 bits per heavy atom. The lowest BCUT2D eigenvalue weighted by atomic mass is 10.2. The first-order valence-corrected chi connectivity index (χ1v) is 9.08. The summed E-state index contributed by atoms with van der Waals surface area (Å²) in [5.41, 5.74) is 3.43. The zero-order valence-electron chi connectivity index (χ0n) is 16.7. The smallest absolute Gasteiger partial charge is 0.262 e. The van der Waals surface area contributed by atoms with E-state index in [0.717, 1.165) is 0 Å². The zero-order chi connectivity index (χ0) is 21.8. The molecule has 2 rings (SSSR count). The molecule has 2 aromatic rings. The molecule has 0 saturated carbocycles. The summed E-state index contributed by atoms with van der Waals surface area (Å²) in [7, 11) is 1.52. The molecule has 0 fully saturated rings. The van der Waals surface area contributed by atoms with Gasteiger partial charge in [0.25, 0.3) is 11.8 Å². The molecule has 0 heterocycles. The summed E-state index contributed by atoms with van der Waals surface area (Å²) in [5.74, 6) is 0.506. The molecule has 0 spiro atoms. The number of hydrazone groups is 1. The topological polar surface area (TPSA) is 122 Å². The molecule has 2 N–H and O–H groups in total. The highest BCUT2D eigenvalue weighted by atomic mass is 16.5. The monoisotopic (exact) mass is 410 g/mol. The van der Waals surface area contributed by atoms with Crippen LogP contribution < -0.4 is 25.0 Å². The van der Waals surface area contributed by atoms with E-state index in [-0.39, 0.29) is 18.9 Å². The molecule has 0 saturated heterocycles. The van der Waals surface area contributed by atoms with Crippen molar-refractivity contribution in [1.82, 2.24) is 5.43 Å². The number of ether oxygens (including phenoxy) is 3. The van der Waals surface area contributed by atoms with Crippen molar-refractivity contribution in [2.24, 2.45) is 5.10 Å². The molecule has 2 aromatic carbocycles. The fourth-order valence-electron chi connectivity index (χ4n) is 2.36. The number of amides is 2. The first kappa shape index (κ1) is 22.2. The van der Waals surface area contributed by atoms with Gasteiger partial charge in [-0.3, -0.25) is 9.59 Å². The summed E-state index contributed by atoms with van der Waals surface area (Å²) in [6.45, 7) is 1.99. The second-order valence-electron chi connectivity index (χ2n) is 5.80. The molecule has 9 heteroatoms. The van der Waals surface area contributed by atoms with Crippen molar-refractivity contribution >= 4 is 23.7 Å². The molecule has 0 aliphatic carbocycles. The van der Waals surface area contributed by atoms with E-state index < -0.39 is 5.91 Å². The van der Waals surface area contributed by atoms with Crippen LogP contribution in [0.4, 0.5) is 5.69 Å². The minimum absolute atomic E-state index is 0.226. The Morgan fingerprint density at radius 2 is 1.90 bits per heavy atom. The normalized spacial score (nSPS) is 10.2. The van der Waals surface area contributed by atoms with Gasteiger partial charge in [-0.2, -0.15) is 10.4 Å². The predicted octanol–water partition coefficient (Wildman–Crippen LogP) is 2.48. The van der Waals surface area contributed by atoms with Gasteiger partial charge in [0.1, 0.15) is 12.2 Å². The number of anilines is 1. The molecular weight excluding hydrogens is 388 g/mol. The molecule has 30 heavy (non-hydrogen) atoms. The van der Waals surface area contributed by atoms with E-state index in [4.69, 9.17) is 19.5 Å². The van der Waals surface area contributed by atoms with Gasteiger partial charge in [0, 0.05) is 0 Å². The van der Waals surface area contributed by atoms with Crippen LogP contribution in [-0.4, -0.2) is 38.4 Å². The molecule has 0 aliphatic heterocycles. The fourth-order valence-corrected chi connectivity index (χ4v) is 2.36. The third-order valence-electron chi connectivity index (χ3n) is 3.65. The van der Waals surface area contributed by atoms with E-state index in [1.165, 1.54) is 13.3 Å². The number of carbonyl (C=O) groups is 2.